The first-order valence-electron chi connectivity index (χ1n) is 6.91. The zero-order valence-electron chi connectivity index (χ0n) is 11.5. The van der Waals surface area contributed by atoms with Gasteiger partial charge in [0.05, 0.1) is 6.61 Å². The highest BCUT2D eigenvalue weighted by atomic mass is 16.5. The Hall–Kier alpha value is -1.14. The predicted octanol–water partition coefficient (Wildman–Crippen LogP) is -0.0962. The van der Waals surface area contributed by atoms with Gasteiger partial charge in [-0.2, -0.15) is 0 Å². The third-order valence-corrected chi connectivity index (χ3v) is 3.70. The van der Waals surface area contributed by atoms with Crippen molar-refractivity contribution in [2.75, 3.05) is 26.3 Å². The molecule has 5 N–H and O–H groups in total. The van der Waals surface area contributed by atoms with E-state index in [0.29, 0.717) is 26.1 Å². The normalized spacial score (nSPS) is 17.9. The van der Waals surface area contributed by atoms with E-state index in [-0.39, 0.29) is 17.9 Å². The average molecular weight is 271 g/mol. The summed E-state index contributed by atoms with van der Waals surface area (Å²) in [6.07, 6.45) is 6.12. The lowest BCUT2D eigenvalue weighted by Crippen LogP contribution is -2.39. The summed E-state index contributed by atoms with van der Waals surface area (Å²) in [6, 6.07) is 0. The number of carbonyl (C=O) groups is 2. The maximum atomic E-state index is 11.9. The number of carbonyl (C=O) groups excluding carboxylic acids is 2. The summed E-state index contributed by atoms with van der Waals surface area (Å²) in [6.45, 7) is 1.15. The van der Waals surface area contributed by atoms with Crippen molar-refractivity contribution in [3.63, 3.8) is 0 Å². The Balaban J connectivity index is 2.20. The quantitative estimate of drug-likeness (QED) is 0.536. The van der Waals surface area contributed by atoms with Gasteiger partial charge in [0, 0.05) is 13.0 Å². The van der Waals surface area contributed by atoms with E-state index in [1.165, 1.54) is 6.42 Å². The van der Waals surface area contributed by atoms with E-state index < -0.39 is 5.91 Å². The number of nitrogens with two attached hydrogens (primary N) is 2. The van der Waals surface area contributed by atoms with Gasteiger partial charge in [0.1, 0.15) is 6.61 Å². The molecule has 0 saturated heterocycles. The Bertz CT molecular complexity index is 302. The molecule has 19 heavy (non-hydrogen) atoms. The molecule has 0 aromatic carbocycles. The lowest BCUT2D eigenvalue weighted by atomic mass is 9.72. The molecule has 0 bridgehead atoms. The lowest BCUT2D eigenvalue weighted by Gasteiger charge is -2.35. The Morgan fingerprint density at radius 3 is 2.47 bits per heavy atom. The van der Waals surface area contributed by atoms with Gasteiger partial charge in [0.25, 0.3) is 0 Å². The lowest BCUT2D eigenvalue weighted by molar-refractivity contribution is -0.124. The molecule has 0 aromatic rings. The van der Waals surface area contributed by atoms with Gasteiger partial charge in [-0.05, 0) is 24.8 Å². The maximum absolute atomic E-state index is 11.9. The van der Waals surface area contributed by atoms with Crippen molar-refractivity contribution in [2.45, 2.75) is 38.5 Å². The third-order valence-electron chi connectivity index (χ3n) is 3.70. The average Bonchev–Trinajstić information content (AvgIpc) is 2.39. The predicted molar refractivity (Wildman–Crippen MR) is 72.2 cm³/mol. The van der Waals surface area contributed by atoms with E-state index in [9.17, 15) is 9.59 Å². The van der Waals surface area contributed by atoms with Crippen LogP contribution in [-0.2, 0) is 14.3 Å². The molecule has 1 aliphatic rings. The Morgan fingerprint density at radius 1 is 1.21 bits per heavy atom. The monoisotopic (exact) mass is 271 g/mol. The Morgan fingerprint density at radius 2 is 1.89 bits per heavy atom. The van der Waals surface area contributed by atoms with E-state index in [2.05, 4.69) is 5.32 Å². The molecule has 1 saturated carbocycles. The van der Waals surface area contributed by atoms with Gasteiger partial charge in [0.2, 0.25) is 11.8 Å². The van der Waals surface area contributed by atoms with E-state index in [1.807, 2.05) is 0 Å². The van der Waals surface area contributed by atoms with Gasteiger partial charge in [0.15, 0.2) is 0 Å². The molecule has 1 fully saturated rings. The molecule has 0 radical (unpaired) electrons. The van der Waals surface area contributed by atoms with Crippen molar-refractivity contribution < 1.29 is 14.3 Å². The molecule has 2 amide bonds. The number of nitrogens with one attached hydrogen (secondary N) is 1. The number of rotatable bonds is 8. The molecule has 0 aromatic heterocycles. The van der Waals surface area contributed by atoms with Crippen LogP contribution < -0.4 is 16.8 Å². The molecule has 0 aliphatic heterocycles. The first kappa shape index (κ1) is 15.9. The fourth-order valence-corrected chi connectivity index (χ4v) is 2.59. The molecular formula is C13H25N3O3. The van der Waals surface area contributed by atoms with Crippen LogP contribution in [0.2, 0.25) is 0 Å². The smallest absolute Gasteiger partial charge is 0.243 e. The number of amides is 2. The van der Waals surface area contributed by atoms with Gasteiger partial charge in [-0.25, -0.2) is 0 Å². The summed E-state index contributed by atoms with van der Waals surface area (Å²) in [5.74, 6) is -0.495. The van der Waals surface area contributed by atoms with Gasteiger partial charge >= 0.3 is 0 Å². The number of hydrogen-bond acceptors (Lipinski definition) is 4. The summed E-state index contributed by atoms with van der Waals surface area (Å²) in [5, 5.41) is 2.79. The van der Waals surface area contributed by atoms with Crippen LogP contribution in [0.15, 0.2) is 0 Å². The Kier molecular flexibility index (Phi) is 6.80. The number of primary amides is 1. The molecule has 0 heterocycles. The van der Waals surface area contributed by atoms with Gasteiger partial charge in [-0.1, -0.05) is 19.3 Å². The SMILES string of the molecule is NCC1(CC(=O)NCCOCC(N)=O)CCCCC1. The summed E-state index contributed by atoms with van der Waals surface area (Å²) >= 11 is 0. The second-order valence-electron chi connectivity index (χ2n) is 5.31. The van der Waals surface area contributed by atoms with Crippen LogP contribution in [0.1, 0.15) is 38.5 Å². The largest absolute Gasteiger partial charge is 0.370 e. The number of ether oxygens (including phenoxy) is 1. The van der Waals surface area contributed by atoms with Crippen molar-refractivity contribution >= 4 is 11.8 Å². The first-order valence-corrected chi connectivity index (χ1v) is 6.91. The third kappa shape index (κ3) is 6.02. The van der Waals surface area contributed by atoms with E-state index >= 15 is 0 Å². The van der Waals surface area contributed by atoms with Crippen molar-refractivity contribution in [2.24, 2.45) is 16.9 Å². The summed E-state index contributed by atoms with van der Waals surface area (Å²) in [4.78, 5) is 22.3. The maximum Gasteiger partial charge on any atom is 0.243 e. The van der Waals surface area contributed by atoms with Crippen molar-refractivity contribution in [1.29, 1.82) is 0 Å². The van der Waals surface area contributed by atoms with E-state index in [1.54, 1.807) is 0 Å². The fraction of sp³-hybridized carbons (Fsp3) is 0.846. The minimum atomic E-state index is -0.504. The van der Waals surface area contributed by atoms with Gasteiger partial charge in [-0.3, -0.25) is 9.59 Å². The van der Waals surface area contributed by atoms with E-state index in [0.717, 1.165) is 25.7 Å². The molecule has 0 unspecified atom stereocenters. The molecule has 110 valence electrons. The van der Waals surface area contributed by atoms with Crippen LogP contribution in [0.4, 0.5) is 0 Å². The molecule has 1 rings (SSSR count). The highest BCUT2D eigenvalue weighted by Gasteiger charge is 2.32. The topological polar surface area (TPSA) is 107 Å². The van der Waals surface area contributed by atoms with Crippen LogP contribution in [0.3, 0.4) is 0 Å². The molecule has 6 heteroatoms. The van der Waals surface area contributed by atoms with Crippen LogP contribution in [0.25, 0.3) is 0 Å². The zero-order chi connectivity index (χ0) is 14.1. The second kappa shape index (κ2) is 8.12. The number of hydrogen-bond donors (Lipinski definition) is 3. The molecule has 0 atom stereocenters. The fourth-order valence-electron chi connectivity index (χ4n) is 2.59. The van der Waals surface area contributed by atoms with Gasteiger partial charge < -0.3 is 21.5 Å². The first-order chi connectivity index (χ1) is 9.08. The molecule has 6 nitrogen and oxygen atoms in total. The highest BCUT2D eigenvalue weighted by Crippen LogP contribution is 2.38. The molecular weight excluding hydrogens is 246 g/mol. The van der Waals surface area contributed by atoms with Crippen LogP contribution in [0.5, 0.6) is 0 Å². The van der Waals surface area contributed by atoms with Crippen molar-refractivity contribution in [3.8, 4) is 0 Å². The zero-order valence-corrected chi connectivity index (χ0v) is 11.5. The summed E-state index contributed by atoms with van der Waals surface area (Å²) in [5.41, 5.74) is 10.8. The van der Waals surface area contributed by atoms with Crippen molar-refractivity contribution in [3.05, 3.63) is 0 Å². The summed E-state index contributed by atoms with van der Waals surface area (Å²) in [7, 11) is 0. The minimum Gasteiger partial charge on any atom is -0.370 e. The van der Waals surface area contributed by atoms with Crippen molar-refractivity contribution in [1.82, 2.24) is 5.32 Å². The van der Waals surface area contributed by atoms with Gasteiger partial charge in [-0.15, -0.1) is 0 Å². The molecule has 1 aliphatic carbocycles. The summed E-state index contributed by atoms with van der Waals surface area (Å²) < 4.78 is 4.97. The van der Waals surface area contributed by atoms with Crippen LogP contribution >= 0.6 is 0 Å². The van der Waals surface area contributed by atoms with Crippen LogP contribution in [-0.4, -0.2) is 38.1 Å². The minimum absolute atomic E-state index is 0.00928. The Labute approximate surface area is 114 Å². The van der Waals surface area contributed by atoms with Crippen LogP contribution in [0, 0.1) is 5.41 Å². The molecule has 0 spiro atoms. The van der Waals surface area contributed by atoms with E-state index in [4.69, 9.17) is 16.2 Å². The standard InChI is InChI=1S/C13H25N3O3/c14-10-13(4-2-1-3-5-13)8-12(18)16-6-7-19-9-11(15)17/h1-10,14H2,(H2,15,17)(H,16,18). The second-order valence-corrected chi connectivity index (χ2v) is 5.31. The highest BCUT2D eigenvalue weighted by molar-refractivity contribution is 5.76.